The number of ketones is 1. The predicted molar refractivity (Wildman–Crippen MR) is 89.2 cm³/mol. The highest BCUT2D eigenvalue weighted by atomic mass is 16.5. The highest BCUT2D eigenvalue weighted by Gasteiger charge is 2.47. The molecule has 1 saturated carbocycles. The van der Waals surface area contributed by atoms with Crippen LogP contribution in [0.25, 0.3) is 16.8 Å². The van der Waals surface area contributed by atoms with E-state index >= 15 is 0 Å². The molecule has 2 atom stereocenters. The largest absolute Gasteiger partial charge is 0.497 e. The van der Waals surface area contributed by atoms with Crippen molar-refractivity contribution < 1.29 is 9.53 Å². The van der Waals surface area contributed by atoms with Gasteiger partial charge in [-0.05, 0) is 52.8 Å². The molecule has 0 aliphatic heterocycles. The van der Waals surface area contributed by atoms with Gasteiger partial charge >= 0.3 is 0 Å². The SMILES string of the molecule is COc1ccc2c3c(ccc2c1)[C@@H]1CCC(=O)[C@@]1(C)CC=C3. The van der Waals surface area contributed by atoms with E-state index in [9.17, 15) is 4.79 Å². The summed E-state index contributed by atoms with van der Waals surface area (Å²) in [5.74, 6) is 1.65. The van der Waals surface area contributed by atoms with Gasteiger partial charge in [-0.15, -0.1) is 0 Å². The van der Waals surface area contributed by atoms with Crippen LogP contribution in [0.5, 0.6) is 5.75 Å². The Labute approximate surface area is 130 Å². The van der Waals surface area contributed by atoms with Crippen molar-refractivity contribution in [3.8, 4) is 5.75 Å². The van der Waals surface area contributed by atoms with Gasteiger partial charge in [-0.25, -0.2) is 0 Å². The van der Waals surface area contributed by atoms with Crippen LogP contribution in [0, 0.1) is 5.41 Å². The molecule has 0 bridgehead atoms. The van der Waals surface area contributed by atoms with Crippen LogP contribution in [0.1, 0.15) is 43.2 Å². The Bertz CT molecular complexity index is 803. The van der Waals surface area contributed by atoms with Crippen molar-refractivity contribution in [2.75, 3.05) is 7.11 Å². The van der Waals surface area contributed by atoms with Crippen LogP contribution < -0.4 is 4.74 Å². The van der Waals surface area contributed by atoms with Crippen molar-refractivity contribution in [3.05, 3.63) is 47.5 Å². The van der Waals surface area contributed by atoms with Crippen LogP contribution >= 0.6 is 0 Å². The minimum Gasteiger partial charge on any atom is -0.497 e. The zero-order chi connectivity index (χ0) is 15.3. The highest BCUT2D eigenvalue weighted by Crippen LogP contribution is 2.52. The fourth-order valence-corrected chi connectivity index (χ4v) is 4.22. The predicted octanol–water partition coefficient (Wildman–Crippen LogP) is 4.72. The summed E-state index contributed by atoms with van der Waals surface area (Å²) in [4.78, 5) is 12.4. The second-order valence-electron chi connectivity index (χ2n) is 6.69. The molecule has 0 spiro atoms. The Balaban J connectivity index is 1.96. The zero-order valence-corrected chi connectivity index (χ0v) is 13.1. The van der Waals surface area contributed by atoms with E-state index in [0.717, 1.165) is 25.0 Å². The number of allylic oxidation sites excluding steroid dienone is 1. The lowest BCUT2D eigenvalue weighted by Gasteiger charge is -2.29. The summed E-state index contributed by atoms with van der Waals surface area (Å²) in [6.07, 6.45) is 6.94. The van der Waals surface area contributed by atoms with Gasteiger partial charge in [0.15, 0.2) is 0 Å². The number of carbonyl (C=O) groups is 1. The Hall–Kier alpha value is -2.09. The molecular formula is C20H20O2. The van der Waals surface area contributed by atoms with Crippen LogP contribution in [0.4, 0.5) is 0 Å². The normalized spacial score (nSPS) is 26.6. The molecule has 0 aromatic heterocycles. The van der Waals surface area contributed by atoms with E-state index in [2.05, 4.69) is 43.3 Å². The number of benzene rings is 2. The molecule has 0 amide bonds. The molecule has 0 N–H and O–H groups in total. The van der Waals surface area contributed by atoms with Crippen LogP contribution in [0.2, 0.25) is 0 Å². The first kappa shape index (κ1) is 13.6. The van der Waals surface area contributed by atoms with Gasteiger partial charge in [0.25, 0.3) is 0 Å². The van der Waals surface area contributed by atoms with Gasteiger partial charge in [-0.1, -0.05) is 37.3 Å². The van der Waals surface area contributed by atoms with E-state index in [-0.39, 0.29) is 5.41 Å². The van der Waals surface area contributed by atoms with Crippen molar-refractivity contribution >= 4 is 22.6 Å². The maximum atomic E-state index is 12.4. The lowest BCUT2D eigenvalue weighted by atomic mass is 9.73. The van der Waals surface area contributed by atoms with Gasteiger partial charge in [0.1, 0.15) is 11.5 Å². The fraction of sp³-hybridized carbons (Fsp3) is 0.350. The van der Waals surface area contributed by atoms with E-state index in [1.807, 2.05) is 6.07 Å². The molecule has 2 aromatic rings. The number of hydrogen-bond donors (Lipinski definition) is 0. The van der Waals surface area contributed by atoms with Crippen LogP contribution in [0.15, 0.2) is 36.4 Å². The Kier molecular flexibility index (Phi) is 2.90. The number of Topliss-reactive ketones (excluding diaryl/α,β-unsaturated/α-hetero) is 1. The molecule has 2 aromatic carbocycles. The molecule has 2 heteroatoms. The monoisotopic (exact) mass is 292 g/mol. The van der Waals surface area contributed by atoms with Gasteiger partial charge < -0.3 is 4.74 Å². The van der Waals surface area contributed by atoms with Crippen LogP contribution in [-0.2, 0) is 4.79 Å². The maximum Gasteiger partial charge on any atom is 0.139 e. The van der Waals surface area contributed by atoms with Crippen LogP contribution in [0.3, 0.4) is 0 Å². The number of ether oxygens (including phenoxy) is 1. The van der Waals surface area contributed by atoms with Gasteiger partial charge in [-0.2, -0.15) is 0 Å². The van der Waals surface area contributed by atoms with Crippen LogP contribution in [-0.4, -0.2) is 12.9 Å². The van der Waals surface area contributed by atoms with Crippen molar-refractivity contribution in [1.82, 2.24) is 0 Å². The summed E-state index contributed by atoms with van der Waals surface area (Å²) in [6, 6.07) is 10.6. The highest BCUT2D eigenvalue weighted by molar-refractivity contribution is 5.95. The fourth-order valence-electron chi connectivity index (χ4n) is 4.22. The lowest BCUT2D eigenvalue weighted by molar-refractivity contribution is -0.125. The standard InChI is InChI=1S/C20H20O2/c1-20-11-3-4-16-15-8-6-14(22-2)12-13(15)5-7-17(16)18(20)9-10-19(20)21/h3-8,12,18H,9-11H2,1-2H3/t18-,20-/m0/s1. The van der Waals surface area contributed by atoms with Crippen molar-refractivity contribution in [2.24, 2.45) is 5.41 Å². The van der Waals surface area contributed by atoms with Gasteiger partial charge in [0.05, 0.1) is 7.11 Å². The number of methoxy groups -OCH3 is 1. The molecule has 22 heavy (non-hydrogen) atoms. The lowest BCUT2D eigenvalue weighted by Crippen LogP contribution is -2.26. The number of rotatable bonds is 1. The van der Waals surface area contributed by atoms with Crippen molar-refractivity contribution in [1.29, 1.82) is 0 Å². The molecule has 2 aliphatic rings. The molecule has 2 aliphatic carbocycles. The van der Waals surface area contributed by atoms with E-state index < -0.39 is 0 Å². The first-order chi connectivity index (χ1) is 10.6. The van der Waals surface area contributed by atoms with Crippen molar-refractivity contribution in [3.63, 3.8) is 0 Å². The smallest absolute Gasteiger partial charge is 0.139 e. The Morgan fingerprint density at radius 2 is 2.09 bits per heavy atom. The summed E-state index contributed by atoms with van der Waals surface area (Å²) < 4.78 is 5.33. The Morgan fingerprint density at radius 1 is 1.23 bits per heavy atom. The third-order valence-electron chi connectivity index (χ3n) is 5.57. The van der Waals surface area contributed by atoms with Gasteiger partial charge in [0, 0.05) is 11.8 Å². The minimum absolute atomic E-state index is 0.220. The van der Waals surface area contributed by atoms with Crippen molar-refractivity contribution in [2.45, 2.75) is 32.1 Å². The van der Waals surface area contributed by atoms with E-state index in [1.54, 1.807) is 7.11 Å². The second kappa shape index (κ2) is 4.70. The summed E-state index contributed by atoms with van der Waals surface area (Å²) in [6.45, 7) is 2.14. The molecule has 0 heterocycles. The average molecular weight is 292 g/mol. The topological polar surface area (TPSA) is 26.3 Å². The first-order valence-electron chi connectivity index (χ1n) is 7.94. The number of carbonyl (C=O) groups excluding carboxylic acids is 1. The summed E-state index contributed by atoms with van der Waals surface area (Å²) >= 11 is 0. The van der Waals surface area contributed by atoms with Gasteiger partial charge in [0.2, 0.25) is 0 Å². The van der Waals surface area contributed by atoms with E-state index in [1.165, 1.54) is 21.9 Å². The second-order valence-corrected chi connectivity index (χ2v) is 6.69. The average Bonchev–Trinajstić information content (AvgIpc) is 2.74. The van der Waals surface area contributed by atoms with Gasteiger partial charge in [-0.3, -0.25) is 4.79 Å². The summed E-state index contributed by atoms with van der Waals surface area (Å²) in [5.41, 5.74) is 2.39. The quantitative estimate of drug-likeness (QED) is 0.760. The molecule has 0 saturated heterocycles. The zero-order valence-electron chi connectivity index (χ0n) is 13.1. The maximum absolute atomic E-state index is 12.4. The molecular weight excluding hydrogens is 272 g/mol. The van der Waals surface area contributed by atoms with E-state index in [0.29, 0.717) is 11.7 Å². The summed E-state index contributed by atoms with van der Waals surface area (Å²) in [5, 5.41) is 2.44. The first-order valence-corrected chi connectivity index (χ1v) is 7.94. The molecule has 0 radical (unpaired) electrons. The third kappa shape index (κ3) is 1.76. The molecule has 0 unspecified atom stereocenters. The molecule has 112 valence electrons. The van der Waals surface area contributed by atoms with E-state index in [4.69, 9.17) is 4.74 Å². The molecule has 1 fully saturated rings. The number of fused-ring (bicyclic) bond motifs is 5. The third-order valence-corrected chi connectivity index (χ3v) is 5.57. The molecule has 4 rings (SSSR count). The Morgan fingerprint density at radius 3 is 2.91 bits per heavy atom. The number of hydrogen-bond acceptors (Lipinski definition) is 2. The molecule has 2 nitrogen and oxygen atoms in total. The summed E-state index contributed by atoms with van der Waals surface area (Å²) in [7, 11) is 1.69. The minimum atomic E-state index is -0.220.